The predicted octanol–water partition coefficient (Wildman–Crippen LogP) is 5.07. The van der Waals surface area contributed by atoms with Gasteiger partial charge < -0.3 is 14.7 Å². The first kappa shape index (κ1) is 20.7. The lowest BCUT2D eigenvalue weighted by Gasteiger charge is -2.25. The number of fused-ring (bicyclic) bond motifs is 1. The van der Waals surface area contributed by atoms with E-state index in [9.17, 15) is 14.7 Å². The number of amides is 1. The van der Waals surface area contributed by atoms with Gasteiger partial charge in [0, 0.05) is 12.1 Å². The number of methoxy groups -OCH3 is 1. The van der Waals surface area contributed by atoms with Crippen LogP contribution in [0, 0.1) is 0 Å². The summed E-state index contributed by atoms with van der Waals surface area (Å²) in [6.07, 6.45) is 1.65. The van der Waals surface area contributed by atoms with Crippen molar-refractivity contribution in [2.45, 2.75) is 25.8 Å². The quantitative estimate of drug-likeness (QED) is 0.347. The molecule has 1 atom stereocenters. The van der Waals surface area contributed by atoms with Gasteiger partial charge in [-0.15, -0.1) is 0 Å². The average molecular weight is 415 g/mol. The first-order chi connectivity index (χ1) is 15.1. The molecule has 3 aromatic carbocycles. The van der Waals surface area contributed by atoms with Crippen LogP contribution in [-0.2, 0) is 9.59 Å². The van der Waals surface area contributed by atoms with E-state index in [2.05, 4.69) is 0 Å². The van der Waals surface area contributed by atoms with E-state index in [0.29, 0.717) is 17.9 Å². The number of likely N-dealkylation sites (tertiary alicyclic amines) is 1. The van der Waals surface area contributed by atoms with Crippen LogP contribution in [0.1, 0.15) is 36.9 Å². The summed E-state index contributed by atoms with van der Waals surface area (Å²) in [6, 6.07) is 19.9. The van der Waals surface area contributed by atoms with E-state index in [-0.39, 0.29) is 11.3 Å². The van der Waals surface area contributed by atoms with Crippen molar-refractivity contribution in [1.29, 1.82) is 0 Å². The molecular weight excluding hydrogens is 390 g/mol. The minimum Gasteiger partial charge on any atom is -0.507 e. The predicted molar refractivity (Wildman–Crippen MR) is 121 cm³/mol. The fourth-order valence-electron chi connectivity index (χ4n) is 4.17. The van der Waals surface area contributed by atoms with Crippen molar-refractivity contribution in [2.75, 3.05) is 13.7 Å². The minimum atomic E-state index is -0.666. The fraction of sp³-hybridized carbons (Fsp3) is 0.231. The third-order valence-electron chi connectivity index (χ3n) is 5.75. The Morgan fingerprint density at radius 1 is 1.03 bits per heavy atom. The Balaban J connectivity index is 1.94. The first-order valence-corrected chi connectivity index (χ1v) is 10.5. The lowest BCUT2D eigenvalue weighted by Crippen LogP contribution is -2.30. The van der Waals surface area contributed by atoms with Gasteiger partial charge in [-0.25, -0.2) is 0 Å². The smallest absolute Gasteiger partial charge is 0.295 e. The maximum atomic E-state index is 13.1. The number of ketones is 1. The highest BCUT2D eigenvalue weighted by atomic mass is 16.5. The molecule has 0 aliphatic carbocycles. The van der Waals surface area contributed by atoms with E-state index < -0.39 is 17.7 Å². The Morgan fingerprint density at radius 2 is 1.77 bits per heavy atom. The van der Waals surface area contributed by atoms with Gasteiger partial charge in [0.2, 0.25) is 0 Å². The third kappa shape index (κ3) is 3.67. The molecule has 1 N–H and O–H groups in total. The maximum Gasteiger partial charge on any atom is 0.295 e. The molecule has 0 aromatic heterocycles. The van der Waals surface area contributed by atoms with Crippen LogP contribution in [-0.4, -0.2) is 35.4 Å². The highest BCUT2D eigenvalue weighted by Crippen LogP contribution is 2.41. The molecular formula is C26H25NO4. The summed E-state index contributed by atoms with van der Waals surface area (Å²) in [4.78, 5) is 27.7. The Kier molecular flexibility index (Phi) is 5.76. The summed E-state index contributed by atoms with van der Waals surface area (Å²) in [5.74, 6) is -0.761. The number of ether oxygens (including phenoxy) is 1. The Bertz CT molecular complexity index is 1180. The topological polar surface area (TPSA) is 66.8 Å². The Morgan fingerprint density at radius 3 is 2.55 bits per heavy atom. The number of unbranched alkanes of at least 4 members (excludes halogenated alkanes) is 1. The Hall–Kier alpha value is -3.60. The summed E-state index contributed by atoms with van der Waals surface area (Å²) < 4.78 is 5.36. The van der Waals surface area contributed by atoms with E-state index >= 15 is 0 Å². The molecule has 0 spiro atoms. The average Bonchev–Trinajstić information content (AvgIpc) is 3.06. The minimum absolute atomic E-state index is 0.116. The Labute approximate surface area is 181 Å². The molecule has 1 amide bonds. The van der Waals surface area contributed by atoms with E-state index in [1.807, 2.05) is 67.6 Å². The second-order valence-corrected chi connectivity index (χ2v) is 7.65. The second-order valence-electron chi connectivity index (χ2n) is 7.65. The van der Waals surface area contributed by atoms with Crippen LogP contribution in [0.15, 0.2) is 72.3 Å². The maximum absolute atomic E-state index is 13.1. The van der Waals surface area contributed by atoms with E-state index in [1.54, 1.807) is 18.1 Å². The van der Waals surface area contributed by atoms with Gasteiger partial charge in [-0.1, -0.05) is 67.9 Å². The number of Topliss-reactive ketones (excluding diaryl/α,β-unsaturated/α-hetero) is 1. The molecule has 1 aliphatic heterocycles. The largest absolute Gasteiger partial charge is 0.507 e. The van der Waals surface area contributed by atoms with Gasteiger partial charge in [-0.3, -0.25) is 9.59 Å². The molecule has 0 saturated carbocycles. The molecule has 1 fully saturated rings. The summed E-state index contributed by atoms with van der Waals surface area (Å²) in [5, 5.41) is 13.1. The molecule has 5 nitrogen and oxygen atoms in total. The van der Waals surface area contributed by atoms with Gasteiger partial charge in [0.15, 0.2) is 0 Å². The summed E-state index contributed by atoms with van der Waals surface area (Å²) >= 11 is 0. The summed E-state index contributed by atoms with van der Waals surface area (Å²) in [7, 11) is 1.57. The van der Waals surface area contributed by atoms with E-state index in [1.165, 1.54) is 0 Å². The zero-order chi connectivity index (χ0) is 22.0. The van der Waals surface area contributed by atoms with Crippen LogP contribution in [0.2, 0.25) is 0 Å². The van der Waals surface area contributed by atoms with Gasteiger partial charge in [0.25, 0.3) is 11.7 Å². The van der Waals surface area contributed by atoms with Crippen molar-refractivity contribution in [1.82, 2.24) is 4.90 Å². The van der Waals surface area contributed by atoms with Gasteiger partial charge >= 0.3 is 0 Å². The van der Waals surface area contributed by atoms with Crippen LogP contribution in [0.4, 0.5) is 0 Å². The number of aliphatic hydroxyl groups is 1. The standard InChI is InChI=1S/C26H25NO4/c1-3-4-15-27-23(18-11-7-12-19(16-18)31-2)22(25(29)26(27)30)24(28)21-14-8-10-17-9-5-6-13-20(17)21/h5-14,16,23,28H,3-4,15H2,1-2H3/b24-22-. The molecule has 1 heterocycles. The van der Waals surface area contributed by atoms with Crippen molar-refractivity contribution in [3.63, 3.8) is 0 Å². The third-order valence-corrected chi connectivity index (χ3v) is 5.75. The first-order valence-electron chi connectivity index (χ1n) is 10.5. The molecule has 4 rings (SSSR count). The number of carbonyl (C=O) groups is 2. The summed E-state index contributed by atoms with van der Waals surface area (Å²) in [6.45, 7) is 2.47. The van der Waals surface area contributed by atoms with Gasteiger partial charge in [-0.05, 0) is 34.9 Å². The molecule has 31 heavy (non-hydrogen) atoms. The number of hydrogen-bond donors (Lipinski definition) is 1. The van der Waals surface area contributed by atoms with Gasteiger partial charge in [0.05, 0.1) is 18.7 Å². The monoisotopic (exact) mass is 415 g/mol. The molecule has 1 aliphatic rings. The molecule has 5 heteroatoms. The zero-order valence-corrected chi connectivity index (χ0v) is 17.7. The molecule has 3 aromatic rings. The van der Waals surface area contributed by atoms with Crippen LogP contribution < -0.4 is 4.74 Å². The molecule has 0 bridgehead atoms. The van der Waals surface area contributed by atoms with Crippen molar-refractivity contribution < 1.29 is 19.4 Å². The van der Waals surface area contributed by atoms with Crippen molar-refractivity contribution in [3.05, 3.63) is 83.4 Å². The van der Waals surface area contributed by atoms with Crippen molar-refractivity contribution >= 4 is 28.2 Å². The number of aliphatic hydroxyl groups excluding tert-OH is 1. The highest BCUT2D eigenvalue weighted by molar-refractivity contribution is 6.46. The van der Waals surface area contributed by atoms with Gasteiger partial charge in [0.1, 0.15) is 11.5 Å². The van der Waals surface area contributed by atoms with Gasteiger partial charge in [-0.2, -0.15) is 0 Å². The lowest BCUT2D eigenvalue weighted by atomic mass is 9.93. The van der Waals surface area contributed by atoms with Crippen LogP contribution in [0.25, 0.3) is 16.5 Å². The molecule has 1 unspecified atom stereocenters. The fourth-order valence-corrected chi connectivity index (χ4v) is 4.17. The van der Waals surface area contributed by atoms with E-state index in [0.717, 1.165) is 29.2 Å². The number of hydrogen-bond acceptors (Lipinski definition) is 4. The molecule has 158 valence electrons. The van der Waals surface area contributed by atoms with Crippen molar-refractivity contribution in [2.24, 2.45) is 0 Å². The molecule has 1 saturated heterocycles. The van der Waals surface area contributed by atoms with Crippen LogP contribution >= 0.6 is 0 Å². The number of carbonyl (C=O) groups excluding carboxylic acids is 2. The number of nitrogens with zero attached hydrogens (tertiary/aromatic N) is 1. The normalized spacial score (nSPS) is 18.0. The SMILES string of the molecule is CCCCN1C(=O)C(=O)/C(=C(\O)c2cccc3ccccc23)C1c1cccc(OC)c1. The second kappa shape index (κ2) is 8.64. The highest BCUT2D eigenvalue weighted by Gasteiger charge is 2.45. The van der Waals surface area contributed by atoms with Crippen LogP contribution in [0.3, 0.4) is 0 Å². The van der Waals surface area contributed by atoms with E-state index in [4.69, 9.17) is 4.74 Å². The van der Waals surface area contributed by atoms with Crippen molar-refractivity contribution in [3.8, 4) is 5.75 Å². The zero-order valence-electron chi connectivity index (χ0n) is 17.7. The molecule has 0 radical (unpaired) electrons. The van der Waals surface area contributed by atoms with Crippen LogP contribution in [0.5, 0.6) is 5.75 Å². The number of rotatable bonds is 6. The lowest BCUT2D eigenvalue weighted by molar-refractivity contribution is -0.139. The number of benzene rings is 3. The summed E-state index contributed by atoms with van der Waals surface area (Å²) in [5.41, 5.74) is 1.39.